The molecule has 0 spiro atoms. The molecule has 0 heterocycles. The van der Waals surface area contributed by atoms with Crippen molar-refractivity contribution in [3.63, 3.8) is 0 Å². The fraction of sp³-hybridized carbons (Fsp3) is 0. The van der Waals surface area contributed by atoms with Crippen molar-refractivity contribution < 1.29 is 21.9 Å². The first kappa shape index (κ1) is 13.9. The van der Waals surface area contributed by atoms with Crippen molar-refractivity contribution in [3.8, 4) is 5.75 Å². The second-order valence-corrected chi connectivity index (χ2v) is 5.29. The van der Waals surface area contributed by atoms with Crippen LogP contribution >= 0.6 is 0 Å². The van der Waals surface area contributed by atoms with Crippen LogP contribution in [0.25, 0.3) is 0 Å². The van der Waals surface area contributed by atoms with Crippen LogP contribution in [0.4, 0.5) is 10.1 Å². The standard InChI is InChI=1S/C12H8FNO5S/c13-9-2-1-3-11(8-9)19-20(17,18)12-6-4-10(5-7-12)14(15)16/h1-8H. The Bertz CT molecular complexity index is 743. The molecule has 2 aromatic rings. The molecule has 8 heteroatoms. The topological polar surface area (TPSA) is 86.5 Å². The van der Waals surface area contributed by atoms with Gasteiger partial charge in [-0.2, -0.15) is 8.42 Å². The summed E-state index contributed by atoms with van der Waals surface area (Å²) < 4.78 is 41.4. The minimum absolute atomic E-state index is 0.177. The highest BCUT2D eigenvalue weighted by atomic mass is 32.2. The number of benzene rings is 2. The molecule has 0 saturated heterocycles. The summed E-state index contributed by atoms with van der Waals surface area (Å²) in [6.45, 7) is 0. The third-order valence-electron chi connectivity index (χ3n) is 2.34. The van der Waals surface area contributed by atoms with Gasteiger partial charge in [0.2, 0.25) is 0 Å². The van der Waals surface area contributed by atoms with Crippen LogP contribution in [0.3, 0.4) is 0 Å². The van der Waals surface area contributed by atoms with Crippen molar-refractivity contribution in [2.75, 3.05) is 0 Å². The number of hydrogen-bond donors (Lipinski definition) is 0. The van der Waals surface area contributed by atoms with Crippen LogP contribution in [0.15, 0.2) is 53.4 Å². The molecule has 0 N–H and O–H groups in total. The van der Waals surface area contributed by atoms with E-state index in [4.69, 9.17) is 4.18 Å². The van der Waals surface area contributed by atoms with Gasteiger partial charge >= 0.3 is 10.1 Å². The number of hydrogen-bond acceptors (Lipinski definition) is 5. The van der Waals surface area contributed by atoms with Crippen LogP contribution in [-0.2, 0) is 10.1 Å². The van der Waals surface area contributed by atoms with Crippen molar-refractivity contribution >= 4 is 15.8 Å². The number of nitro groups is 1. The van der Waals surface area contributed by atoms with Gasteiger partial charge in [0.15, 0.2) is 0 Å². The van der Waals surface area contributed by atoms with Gasteiger partial charge in [0.1, 0.15) is 16.5 Å². The van der Waals surface area contributed by atoms with Crippen LogP contribution in [0.1, 0.15) is 0 Å². The Morgan fingerprint density at radius 2 is 1.75 bits per heavy atom. The number of non-ortho nitro benzene ring substituents is 1. The molecular weight excluding hydrogens is 289 g/mol. The van der Waals surface area contributed by atoms with Crippen LogP contribution in [0, 0.1) is 15.9 Å². The normalized spacial score (nSPS) is 11.1. The van der Waals surface area contributed by atoms with Gasteiger partial charge in [0.25, 0.3) is 5.69 Å². The van der Waals surface area contributed by atoms with Gasteiger partial charge in [0.05, 0.1) is 4.92 Å². The molecule has 0 aromatic heterocycles. The van der Waals surface area contributed by atoms with Gasteiger partial charge < -0.3 is 4.18 Å². The number of halogens is 1. The molecule has 0 aliphatic heterocycles. The van der Waals surface area contributed by atoms with E-state index in [1.165, 1.54) is 12.1 Å². The molecule has 0 unspecified atom stereocenters. The summed E-state index contributed by atoms with van der Waals surface area (Å²) in [6.07, 6.45) is 0. The molecule has 6 nitrogen and oxygen atoms in total. The smallest absolute Gasteiger partial charge is 0.339 e. The summed E-state index contributed by atoms with van der Waals surface area (Å²) in [5, 5.41) is 10.5. The van der Waals surface area contributed by atoms with Crippen molar-refractivity contribution in [2.45, 2.75) is 4.90 Å². The number of rotatable bonds is 4. The molecule has 0 fully saturated rings. The van der Waals surface area contributed by atoms with E-state index in [-0.39, 0.29) is 16.3 Å². The minimum Gasteiger partial charge on any atom is -0.379 e. The Hall–Kier alpha value is -2.48. The van der Waals surface area contributed by atoms with Crippen molar-refractivity contribution in [1.29, 1.82) is 0 Å². The highest BCUT2D eigenvalue weighted by molar-refractivity contribution is 7.87. The molecule has 0 amide bonds. The third-order valence-corrected chi connectivity index (χ3v) is 3.60. The van der Waals surface area contributed by atoms with E-state index >= 15 is 0 Å². The first-order valence-corrected chi connectivity index (χ1v) is 6.74. The van der Waals surface area contributed by atoms with Gasteiger partial charge in [-0.25, -0.2) is 4.39 Å². The van der Waals surface area contributed by atoms with Gasteiger partial charge in [-0.1, -0.05) is 6.07 Å². The Morgan fingerprint density at radius 1 is 1.10 bits per heavy atom. The van der Waals surface area contributed by atoms with Gasteiger partial charge in [-0.3, -0.25) is 10.1 Å². The molecular formula is C12H8FNO5S. The Balaban J connectivity index is 2.28. The van der Waals surface area contributed by atoms with Crippen LogP contribution < -0.4 is 4.18 Å². The van der Waals surface area contributed by atoms with E-state index in [0.29, 0.717) is 0 Å². The molecule has 0 saturated carbocycles. The van der Waals surface area contributed by atoms with E-state index in [1.54, 1.807) is 0 Å². The predicted molar refractivity (Wildman–Crippen MR) is 67.3 cm³/mol. The molecule has 0 atom stereocenters. The first-order valence-electron chi connectivity index (χ1n) is 5.33. The molecule has 0 radical (unpaired) electrons. The van der Waals surface area contributed by atoms with Crippen molar-refractivity contribution in [1.82, 2.24) is 0 Å². The van der Waals surface area contributed by atoms with E-state index in [2.05, 4.69) is 0 Å². The maximum atomic E-state index is 12.9. The van der Waals surface area contributed by atoms with Crippen LogP contribution in [-0.4, -0.2) is 13.3 Å². The summed E-state index contributed by atoms with van der Waals surface area (Å²) in [4.78, 5) is 9.57. The highest BCUT2D eigenvalue weighted by Crippen LogP contribution is 2.21. The molecule has 104 valence electrons. The largest absolute Gasteiger partial charge is 0.379 e. The van der Waals surface area contributed by atoms with Gasteiger partial charge in [-0.05, 0) is 24.3 Å². The first-order chi connectivity index (χ1) is 9.38. The average Bonchev–Trinajstić information content (AvgIpc) is 2.38. The van der Waals surface area contributed by atoms with E-state index in [9.17, 15) is 22.9 Å². The molecule has 2 aromatic carbocycles. The fourth-order valence-electron chi connectivity index (χ4n) is 1.43. The molecule has 20 heavy (non-hydrogen) atoms. The maximum Gasteiger partial charge on any atom is 0.339 e. The molecule has 0 aliphatic rings. The monoisotopic (exact) mass is 297 g/mol. The Morgan fingerprint density at radius 3 is 2.30 bits per heavy atom. The van der Waals surface area contributed by atoms with Crippen LogP contribution in [0.5, 0.6) is 5.75 Å². The Kier molecular flexibility index (Phi) is 3.66. The summed E-state index contributed by atoms with van der Waals surface area (Å²) in [6, 6.07) is 8.83. The molecule has 2 rings (SSSR count). The summed E-state index contributed by atoms with van der Waals surface area (Å²) in [7, 11) is -4.16. The maximum absolute atomic E-state index is 12.9. The lowest BCUT2D eigenvalue weighted by molar-refractivity contribution is -0.384. The Labute approximate surface area is 113 Å². The zero-order chi connectivity index (χ0) is 14.8. The highest BCUT2D eigenvalue weighted by Gasteiger charge is 2.18. The summed E-state index contributed by atoms with van der Waals surface area (Å²) >= 11 is 0. The van der Waals surface area contributed by atoms with E-state index < -0.39 is 20.9 Å². The predicted octanol–water partition coefficient (Wildman–Crippen LogP) is 2.50. The lowest BCUT2D eigenvalue weighted by atomic mass is 10.3. The molecule has 0 bridgehead atoms. The van der Waals surface area contributed by atoms with E-state index in [0.717, 1.165) is 36.4 Å². The average molecular weight is 297 g/mol. The third kappa shape index (κ3) is 3.09. The fourth-order valence-corrected chi connectivity index (χ4v) is 2.35. The minimum atomic E-state index is -4.16. The summed E-state index contributed by atoms with van der Waals surface area (Å²) in [5.41, 5.74) is -0.241. The zero-order valence-corrected chi connectivity index (χ0v) is 10.7. The quantitative estimate of drug-likeness (QED) is 0.491. The second-order valence-electron chi connectivity index (χ2n) is 3.75. The van der Waals surface area contributed by atoms with Crippen molar-refractivity contribution in [2.24, 2.45) is 0 Å². The van der Waals surface area contributed by atoms with Gasteiger partial charge in [-0.15, -0.1) is 0 Å². The number of nitrogens with zero attached hydrogens (tertiary/aromatic N) is 1. The molecule has 0 aliphatic carbocycles. The zero-order valence-electron chi connectivity index (χ0n) is 9.89. The van der Waals surface area contributed by atoms with E-state index in [1.807, 2.05) is 0 Å². The van der Waals surface area contributed by atoms with Gasteiger partial charge in [0, 0.05) is 18.2 Å². The summed E-state index contributed by atoms with van der Waals surface area (Å²) in [5.74, 6) is -0.815. The lowest BCUT2D eigenvalue weighted by Gasteiger charge is -2.06. The SMILES string of the molecule is O=[N+]([O-])c1ccc(S(=O)(=O)Oc2cccc(F)c2)cc1. The lowest BCUT2D eigenvalue weighted by Crippen LogP contribution is -2.09. The number of nitro benzene ring substituents is 1. The van der Waals surface area contributed by atoms with Crippen LogP contribution in [0.2, 0.25) is 0 Å². The van der Waals surface area contributed by atoms with Crippen molar-refractivity contribution in [3.05, 3.63) is 64.5 Å². The second kappa shape index (κ2) is 5.25.